The van der Waals surface area contributed by atoms with Crippen LogP contribution in [0, 0.1) is 0 Å². The molecule has 0 unspecified atom stereocenters. The number of aromatic amines is 2. The van der Waals surface area contributed by atoms with E-state index in [1.165, 1.54) is 0 Å². The highest BCUT2D eigenvalue weighted by Gasteiger charge is 2.45. The van der Waals surface area contributed by atoms with Gasteiger partial charge < -0.3 is 25.3 Å². The maximum Gasteiger partial charge on any atom is 0.408 e. The van der Waals surface area contributed by atoms with Gasteiger partial charge in [-0.15, -0.1) is 0 Å². The first-order valence-electron chi connectivity index (χ1n) is 8.07. The van der Waals surface area contributed by atoms with E-state index in [-0.39, 0.29) is 23.1 Å². The first-order valence-corrected chi connectivity index (χ1v) is 8.07. The average molecular weight is 364 g/mol. The quantitative estimate of drug-likeness (QED) is 0.613. The number of hydrogen-bond acceptors (Lipinski definition) is 8. The molecular formula is C15H20N6O5. The third-order valence-electron chi connectivity index (χ3n) is 3.99. The molecule has 0 aromatic carbocycles. The number of nitrogens with one attached hydrogen (secondary N) is 3. The van der Waals surface area contributed by atoms with Crippen LogP contribution in [0.25, 0.3) is 11.6 Å². The Morgan fingerprint density at radius 1 is 1.31 bits per heavy atom. The number of carbonyl (C=O) groups excluding carboxylic acids is 1. The summed E-state index contributed by atoms with van der Waals surface area (Å²) < 4.78 is 10.4. The van der Waals surface area contributed by atoms with E-state index in [9.17, 15) is 14.4 Å². The summed E-state index contributed by atoms with van der Waals surface area (Å²) in [6, 6.07) is 0. The van der Waals surface area contributed by atoms with Crippen LogP contribution in [0.1, 0.15) is 45.9 Å². The smallest absolute Gasteiger partial charge is 0.408 e. The maximum absolute atomic E-state index is 12.1. The standard InChI is InChI=1S/C15H20N6O5/c1-14(2,3)25-13(24)20-15(5-4-6-15)11-19-10(26-21-11)8-7(16)9(22)18-12(23)17-8/h4-6,16H2,1-3H3,(H,20,24)(H2,17,18,22,23). The Morgan fingerprint density at radius 2 is 2.00 bits per heavy atom. The molecule has 11 heteroatoms. The van der Waals surface area contributed by atoms with Crippen LogP contribution >= 0.6 is 0 Å². The van der Waals surface area contributed by atoms with Crippen molar-refractivity contribution in [1.82, 2.24) is 25.4 Å². The van der Waals surface area contributed by atoms with Crippen molar-refractivity contribution in [3.63, 3.8) is 0 Å². The van der Waals surface area contributed by atoms with Crippen molar-refractivity contribution >= 4 is 11.8 Å². The number of alkyl carbamates (subject to hydrolysis) is 1. The molecule has 1 aliphatic rings. The fraction of sp³-hybridized carbons (Fsp3) is 0.533. The van der Waals surface area contributed by atoms with Crippen LogP contribution in [0.2, 0.25) is 0 Å². The first kappa shape index (κ1) is 17.7. The second-order valence-electron chi connectivity index (χ2n) is 7.18. The Kier molecular flexibility index (Phi) is 4.09. The van der Waals surface area contributed by atoms with E-state index in [0.717, 1.165) is 6.42 Å². The Balaban J connectivity index is 1.90. The van der Waals surface area contributed by atoms with Crippen LogP contribution in [-0.4, -0.2) is 31.8 Å². The molecule has 5 N–H and O–H groups in total. The number of aromatic nitrogens is 4. The summed E-state index contributed by atoms with van der Waals surface area (Å²) in [5.41, 5.74) is 2.39. The van der Waals surface area contributed by atoms with Crippen molar-refractivity contribution in [2.24, 2.45) is 0 Å². The first-order chi connectivity index (χ1) is 12.1. The third kappa shape index (κ3) is 3.32. The highest BCUT2D eigenvalue weighted by atomic mass is 16.6. The molecule has 1 fully saturated rings. The number of H-pyrrole nitrogens is 2. The maximum atomic E-state index is 12.1. The lowest BCUT2D eigenvalue weighted by atomic mass is 9.76. The average Bonchev–Trinajstić information content (AvgIpc) is 2.94. The van der Waals surface area contributed by atoms with E-state index < -0.39 is 28.5 Å². The van der Waals surface area contributed by atoms with Gasteiger partial charge in [0.2, 0.25) is 0 Å². The Labute approximate surface area is 147 Å². The summed E-state index contributed by atoms with van der Waals surface area (Å²) in [7, 11) is 0. The van der Waals surface area contributed by atoms with Gasteiger partial charge in [-0.05, 0) is 40.0 Å². The van der Waals surface area contributed by atoms with Crippen LogP contribution in [-0.2, 0) is 10.3 Å². The Bertz CT molecular complexity index is 946. The second kappa shape index (κ2) is 6.00. The summed E-state index contributed by atoms with van der Waals surface area (Å²) >= 11 is 0. The number of nitrogens with two attached hydrogens (primary N) is 1. The van der Waals surface area contributed by atoms with Crippen molar-refractivity contribution in [2.75, 3.05) is 5.73 Å². The molecule has 0 atom stereocenters. The second-order valence-corrected chi connectivity index (χ2v) is 7.18. The minimum Gasteiger partial charge on any atom is -0.444 e. The molecule has 2 aromatic rings. The van der Waals surface area contributed by atoms with E-state index in [2.05, 4.69) is 20.4 Å². The molecule has 0 saturated heterocycles. The zero-order valence-corrected chi connectivity index (χ0v) is 14.6. The topological polar surface area (TPSA) is 169 Å². The predicted molar refractivity (Wildman–Crippen MR) is 90.3 cm³/mol. The molecular weight excluding hydrogens is 344 g/mol. The van der Waals surface area contributed by atoms with Gasteiger partial charge in [0.15, 0.2) is 5.82 Å². The lowest BCUT2D eigenvalue weighted by Crippen LogP contribution is -2.52. The van der Waals surface area contributed by atoms with Gasteiger partial charge in [-0.2, -0.15) is 4.98 Å². The molecule has 0 radical (unpaired) electrons. The molecule has 0 bridgehead atoms. The minimum atomic E-state index is -0.819. The van der Waals surface area contributed by atoms with E-state index in [0.29, 0.717) is 12.8 Å². The monoisotopic (exact) mass is 364 g/mol. The van der Waals surface area contributed by atoms with Gasteiger partial charge in [0.25, 0.3) is 11.4 Å². The van der Waals surface area contributed by atoms with E-state index in [1.807, 2.05) is 4.98 Å². The number of amides is 1. The number of rotatable bonds is 3. The SMILES string of the molecule is CC(C)(C)OC(=O)NC1(c2noc(-c3[nH]c(=O)[nH]c(=O)c3N)n2)CCC1. The summed E-state index contributed by atoms with van der Waals surface area (Å²) in [6.45, 7) is 5.29. The fourth-order valence-electron chi connectivity index (χ4n) is 2.62. The van der Waals surface area contributed by atoms with Gasteiger partial charge in [-0.25, -0.2) is 9.59 Å². The Hall–Kier alpha value is -3.11. The fourth-order valence-corrected chi connectivity index (χ4v) is 2.62. The number of anilines is 1. The molecule has 2 heterocycles. The lowest BCUT2D eigenvalue weighted by molar-refractivity contribution is 0.0362. The normalized spacial score (nSPS) is 16.0. The van der Waals surface area contributed by atoms with Gasteiger partial charge in [0.05, 0.1) is 0 Å². The molecule has 11 nitrogen and oxygen atoms in total. The number of nitrogens with zero attached hydrogens (tertiary/aromatic N) is 2. The summed E-state index contributed by atoms with van der Waals surface area (Å²) in [6.07, 6.45) is 1.48. The zero-order valence-electron chi connectivity index (χ0n) is 14.6. The van der Waals surface area contributed by atoms with E-state index in [4.69, 9.17) is 15.0 Å². The summed E-state index contributed by atoms with van der Waals surface area (Å²) in [5.74, 6) is 0.114. The van der Waals surface area contributed by atoms with Crippen molar-refractivity contribution in [2.45, 2.75) is 51.2 Å². The van der Waals surface area contributed by atoms with Crippen molar-refractivity contribution in [3.8, 4) is 11.6 Å². The molecule has 26 heavy (non-hydrogen) atoms. The molecule has 3 rings (SSSR count). The van der Waals surface area contributed by atoms with E-state index >= 15 is 0 Å². The van der Waals surface area contributed by atoms with Crippen LogP contribution in [0.3, 0.4) is 0 Å². The van der Waals surface area contributed by atoms with E-state index in [1.54, 1.807) is 20.8 Å². The van der Waals surface area contributed by atoms with Crippen LogP contribution in [0.4, 0.5) is 10.5 Å². The van der Waals surface area contributed by atoms with Crippen LogP contribution in [0.15, 0.2) is 14.1 Å². The van der Waals surface area contributed by atoms with Crippen molar-refractivity contribution in [3.05, 3.63) is 26.7 Å². The predicted octanol–water partition coefficient (Wildman–Crippen LogP) is 0.599. The van der Waals surface area contributed by atoms with Gasteiger partial charge >= 0.3 is 11.8 Å². The molecule has 1 amide bonds. The number of nitrogen functional groups attached to an aromatic ring is 1. The minimum absolute atomic E-state index is 0.0655. The Morgan fingerprint density at radius 3 is 2.58 bits per heavy atom. The summed E-state index contributed by atoms with van der Waals surface area (Å²) in [5, 5.41) is 6.68. The van der Waals surface area contributed by atoms with Gasteiger partial charge in [0.1, 0.15) is 22.5 Å². The molecule has 0 aliphatic heterocycles. The lowest BCUT2D eigenvalue weighted by Gasteiger charge is -2.39. The highest BCUT2D eigenvalue weighted by molar-refractivity contribution is 5.69. The third-order valence-corrected chi connectivity index (χ3v) is 3.99. The highest BCUT2D eigenvalue weighted by Crippen LogP contribution is 2.40. The zero-order chi connectivity index (χ0) is 19.1. The largest absolute Gasteiger partial charge is 0.444 e. The number of ether oxygens (including phenoxy) is 1. The number of carbonyl (C=O) groups is 1. The van der Waals surface area contributed by atoms with Crippen molar-refractivity contribution < 1.29 is 14.1 Å². The molecule has 0 spiro atoms. The molecule has 2 aromatic heterocycles. The van der Waals surface area contributed by atoms with Crippen molar-refractivity contribution in [1.29, 1.82) is 0 Å². The van der Waals surface area contributed by atoms with Gasteiger partial charge in [-0.1, -0.05) is 5.16 Å². The summed E-state index contributed by atoms with van der Waals surface area (Å²) in [4.78, 5) is 43.8. The molecule has 1 aliphatic carbocycles. The van der Waals surface area contributed by atoms with Crippen LogP contribution < -0.4 is 22.3 Å². The van der Waals surface area contributed by atoms with Gasteiger partial charge in [0, 0.05) is 0 Å². The molecule has 1 saturated carbocycles. The van der Waals surface area contributed by atoms with Gasteiger partial charge in [-0.3, -0.25) is 9.78 Å². The number of hydrogen-bond donors (Lipinski definition) is 4. The molecule has 140 valence electrons. The van der Waals surface area contributed by atoms with Crippen LogP contribution in [0.5, 0.6) is 0 Å².